The van der Waals surface area contributed by atoms with Crippen LogP contribution < -0.4 is 16.4 Å². The molecular weight excluding hydrogens is 269 g/mol. The second kappa shape index (κ2) is 5.01. The summed E-state index contributed by atoms with van der Waals surface area (Å²) in [5.41, 5.74) is 10.4. The van der Waals surface area contributed by atoms with Crippen molar-refractivity contribution in [2.75, 3.05) is 17.2 Å². The molecule has 0 aromatic carbocycles. The fraction of sp³-hybridized carbons (Fsp3) is 0.556. The van der Waals surface area contributed by atoms with Crippen molar-refractivity contribution in [2.24, 2.45) is 5.73 Å². The minimum atomic E-state index is -4.39. The highest BCUT2D eigenvalue weighted by Gasteiger charge is 2.34. The number of nitrogens with two attached hydrogens (primary N) is 2. The van der Waals surface area contributed by atoms with Crippen molar-refractivity contribution in [3.05, 3.63) is 5.56 Å². The first-order valence-corrected chi connectivity index (χ1v) is 5.79. The van der Waals surface area contributed by atoms with Crippen LogP contribution in [0.1, 0.15) is 24.2 Å². The average Bonchev–Trinajstić information content (AvgIpc) is 2.54. The number of hydrogen-bond acceptors (Lipinski definition) is 5. The van der Waals surface area contributed by atoms with E-state index in [1.165, 1.54) is 0 Å². The first kappa shape index (κ1) is 14.6. The molecule has 0 saturated heterocycles. The van der Waals surface area contributed by atoms with E-state index in [4.69, 9.17) is 11.5 Å². The van der Waals surface area contributed by atoms with Crippen LogP contribution in [0.2, 0.25) is 0 Å². The maximum absolute atomic E-state index is 12.5. The van der Waals surface area contributed by atoms with E-state index < -0.39 is 24.7 Å². The molecule has 1 amide bonds. The number of carbonyl (C=O) groups is 1. The summed E-state index contributed by atoms with van der Waals surface area (Å²) < 4.78 is 41.1. The van der Waals surface area contributed by atoms with Crippen molar-refractivity contribution in [3.63, 3.8) is 0 Å². The van der Waals surface area contributed by atoms with Crippen LogP contribution >= 0.6 is 11.5 Å². The van der Waals surface area contributed by atoms with Crippen molar-refractivity contribution in [1.82, 2.24) is 4.37 Å². The van der Waals surface area contributed by atoms with Gasteiger partial charge >= 0.3 is 6.18 Å². The summed E-state index contributed by atoms with van der Waals surface area (Å²) >= 11 is 0.732. The number of hydrogen-bond donors (Lipinski definition) is 2. The lowest BCUT2D eigenvalue weighted by atomic mass is 10.2. The van der Waals surface area contributed by atoms with Crippen molar-refractivity contribution in [3.8, 4) is 0 Å². The number of rotatable bonds is 4. The second-order valence-electron chi connectivity index (χ2n) is 3.95. The molecule has 0 atom stereocenters. The molecule has 102 valence electrons. The second-order valence-corrected chi connectivity index (χ2v) is 4.70. The topological polar surface area (TPSA) is 85.2 Å². The number of primary amides is 1. The molecule has 1 rings (SSSR count). The van der Waals surface area contributed by atoms with Crippen LogP contribution in [0, 0.1) is 0 Å². The largest absolute Gasteiger partial charge is 0.405 e. The molecule has 0 aliphatic carbocycles. The summed E-state index contributed by atoms with van der Waals surface area (Å²) in [7, 11) is 0. The number of aromatic nitrogens is 1. The standard InChI is InChI=1S/C9H13F3N4OS/c1-4(2)16(3-9(10,11)12)8-5(7(14)17)6(13)15-18-8/h4H,3H2,1-2H3,(H2,13,15)(H2,14,17). The SMILES string of the molecule is CC(C)N(CC(F)(F)F)c1snc(N)c1C(N)=O. The van der Waals surface area contributed by atoms with Crippen molar-refractivity contribution < 1.29 is 18.0 Å². The van der Waals surface area contributed by atoms with Gasteiger partial charge in [-0.2, -0.15) is 17.5 Å². The zero-order valence-electron chi connectivity index (χ0n) is 9.78. The van der Waals surface area contributed by atoms with E-state index in [0.29, 0.717) is 0 Å². The zero-order valence-corrected chi connectivity index (χ0v) is 10.6. The molecule has 1 heterocycles. The highest BCUT2D eigenvalue weighted by Crippen LogP contribution is 2.33. The summed E-state index contributed by atoms with van der Waals surface area (Å²) in [5.74, 6) is -1.03. The molecule has 1 aromatic heterocycles. The lowest BCUT2D eigenvalue weighted by molar-refractivity contribution is -0.120. The number of anilines is 2. The predicted octanol–water partition coefficient (Wildman–Crippen LogP) is 1.60. The van der Waals surface area contributed by atoms with Crippen LogP contribution in [0.5, 0.6) is 0 Å². The number of amides is 1. The fourth-order valence-electron chi connectivity index (χ4n) is 1.40. The van der Waals surface area contributed by atoms with Gasteiger partial charge in [0.1, 0.15) is 17.1 Å². The Labute approximate surface area is 106 Å². The van der Waals surface area contributed by atoms with E-state index in [0.717, 1.165) is 16.4 Å². The van der Waals surface area contributed by atoms with Gasteiger partial charge in [-0.15, -0.1) is 0 Å². The monoisotopic (exact) mass is 282 g/mol. The zero-order chi connectivity index (χ0) is 14.1. The third-order valence-electron chi connectivity index (χ3n) is 2.18. The molecule has 0 aliphatic rings. The van der Waals surface area contributed by atoms with Crippen molar-refractivity contribution >= 4 is 28.3 Å². The minimum Gasteiger partial charge on any atom is -0.382 e. The first-order chi connectivity index (χ1) is 8.13. The van der Waals surface area contributed by atoms with Gasteiger partial charge in [-0.1, -0.05) is 0 Å². The number of nitrogen functional groups attached to an aromatic ring is 1. The van der Waals surface area contributed by atoms with Gasteiger partial charge in [0, 0.05) is 6.04 Å². The molecule has 0 unspecified atom stereocenters. The Hall–Kier alpha value is -1.51. The van der Waals surface area contributed by atoms with Gasteiger partial charge in [0.05, 0.1) is 0 Å². The fourth-order valence-corrected chi connectivity index (χ4v) is 2.36. The Kier molecular flexibility index (Phi) is 4.05. The van der Waals surface area contributed by atoms with Crippen molar-refractivity contribution in [1.29, 1.82) is 0 Å². The predicted molar refractivity (Wildman–Crippen MR) is 63.6 cm³/mol. The first-order valence-electron chi connectivity index (χ1n) is 5.02. The molecule has 0 aliphatic heterocycles. The molecule has 0 spiro atoms. The number of carbonyl (C=O) groups excluding carboxylic acids is 1. The highest BCUT2D eigenvalue weighted by atomic mass is 32.1. The van der Waals surface area contributed by atoms with Gasteiger partial charge in [-0.05, 0) is 25.4 Å². The molecule has 0 bridgehead atoms. The van der Waals surface area contributed by atoms with E-state index >= 15 is 0 Å². The van der Waals surface area contributed by atoms with Gasteiger partial charge in [-0.25, -0.2) is 0 Å². The van der Waals surface area contributed by atoms with Crippen LogP contribution in [-0.2, 0) is 0 Å². The van der Waals surface area contributed by atoms with E-state index in [-0.39, 0.29) is 16.4 Å². The molecule has 0 fully saturated rings. The van der Waals surface area contributed by atoms with Crippen LogP contribution in [0.4, 0.5) is 24.0 Å². The van der Waals surface area contributed by atoms with Crippen LogP contribution in [0.25, 0.3) is 0 Å². The smallest absolute Gasteiger partial charge is 0.382 e. The van der Waals surface area contributed by atoms with Gasteiger partial charge in [0.2, 0.25) is 0 Å². The van der Waals surface area contributed by atoms with Crippen LogP contribution in [-0.4, -0.2) is 29.0 Å². The summed E-state index contributed by atoms with van der Waals surface area (Å²) in [6.45, 7) is 1.96. The van der Waals surface area contributed by atoms with Gasteiger partial charge in [-0.3, -0.25) is 4.79 Å². The number of halogens is 3. The Morgan fingerprint density at radius 2 is 2.06 bits per heavy atom. The molecule has 0 saturated carbocycles. The molecule has 18 heavy (non-hydrogen) atoms. The van der Waals surface area contributed by atoms with E-state index in [2.05, 4.69) is 4.37 Å². The van der Waals surface area contributed by atoms with Crippen LogP contribution in [0.15, 0.2) is 0 Å². The molecule has 4 N–H and O–H groups in total. The van der Waals surface area contributed by atoms with E-state index in [9.17, 15) is 18.0 Å². The summed E-state index contributed by atoms with van der Waals surface area (Å²) in [4.78, 5) is 12.2. The third-order valence-corrected chi connectivity index (χ3v) is 3.08. The average molecular weight is 282 g/mol. The third kappa shape index (κ3) is 3.25. The highest BCUT2D eigenvalue weighted by molar-refractivity contribution is 7.11. The lowest BCUT2D eigenvalue weighted by Crippen LogP contribution is -2.39. The molecular formula is C9H13F3N4OS. The van der Waals surface area contributed by atoms with E-state index in [1.54, 1.807) is 13.8 Å². The molecule has 1 aromatic rings. The minimum absolute atomic E-state index is 0.0484. The molecule has 9 heteroatoms. The van der Waals surface area contributed by atoms with Crippen molar-refractivity contribution in [2.45, 2.75) is 26.1 Å². The Morgan fingerprint density at radius 1 is 1.50 bits per heavy atom. The summed E-state index contributed by atoms with van der Waals surface area (Å²) in [6, 6.07) is -0.468. The summed E-state index contributed by atoms with van der Waals surface area (Å²) in [6.07, 6.45) is -4.39. The number of alkyl halides is 3. The quantitative estimate of drug-likeness (QED) is 0.878. The maximum Gasteiger partial charge on any atom is 0.405 e. The maximum atomic E-state index is 12.5. The normalized spacial score (nSPS) is 11.9. The Bertz CT molecular complexity index is 444. The van der Waals surface area contributed by atoms with Gasteiger partial charge < -0.3 is 16.4 Å². The molecule has 0 radical (unpaired) electrons. The molecule has 5 nitrogen and oxygen atoms in total. The lowest BCUT2D eigenvalue weighted by Gasteiger charge is -2.28. The van der Waals surface area contributed by atoms with Crippen LogP contribution in [0.3, 0.4) is 0 Å². The van der Waals surface area contributed by atoms with Gasteiger partial charge in [0.25, 0.3) is 5.91 Å². The Balaban J connectivity index is 3.19. The van der Waals surface area contributed by atoms with Gasteiger partial charge in [0.15, 0.2) is 5.82 Å². The summed E-state index contributed by atoms with van der Waals surface area (Å²) in [5, 5.41) is 0.0484. The Morgan fingerprint density at radius 3 is 2.44 bits per heavy atom. The number of nitrogens with zero attached hydrogens (tertiary/aromatic N) is 2. The van der Waals surface area contributed by atoms with E-state index in [1.807, 2.05) is 0 Å².